The smallest absolute Gasteiger partial charge is 0.138 e. The lowest BCUT2D eigenvalue weighted by Gasteiger charge is -2.48. The van der Waals surface area contributed by atoms with Gasteiger partial charge in [-0.3, -0.25) is 4.90 Å². The number of aliphatic hydroxyl groups is 1. The number of aromatic nitrogens is 2. The molecule has 1 aliphatic heterocycles. The van der Waals surface area contributed by atoms with E-state index in [2.05, 4.69) is 14.5 Å². The van der Waals surface area contributed by atoms with Gasteiger partial charge in [0, 0.05) is 31.2 Å². The minimum atomic E-state index is -0.532. The number of rotatable bonds is 3. The third-order valence-corrected chi connectivity index (χ3v) is 3.94. The van der Waals surface area contributed by atoms with Crippen molar-refractivity contribution in [3.8, 4) is 0 Å². The largest absolute Gasteiger partial charge is 0.387 e. The van der Waals surface area contributed by atoms with Gasteiger partial charge >= 0.3 is 0 Å². The van der Waals surface area contributed by atoms with Gasteiger partial charge in [-0.1, -0.05) is 29.9 Å². The van der Waals surface area contributed by atoms with Gasteiger partial charge in [0.1, 0.15) is 10.0 Å². The lowest BCUT2D eigenvalue weighted by molar-refractivity contribution is -0.131. The van der Waals surface area contributed by atoms with Crippen LogP contribution < -0.4 is 0 Å². The quantitative estimate of drug-likeness (QED) is 0.877. The molecule has 0 aromatic carbocycles. The van der Waals surface area contributed by atoms with E-state index < -0.39 is 5.60 Å². The van der Waals surface area contributed by atoms with E-state index in [0.717, 1.165) is 5.69 Å². The molecule has 1 aliphatic rings. The third-order valence-electron chi connectivity index (χ3n) is 2.95. The van der Waals surface area contributed by atoms with E-state index in [9.17, 15) is 5.11 Å². The van der Waals surface area contributed by atoms with Gasteiger partial charge in [0.2, 0.25) is 0 Å². The van der Waals surface area contributed by atoms with E-state index in [1.165, 1.54) is 11.5 Å². The highest BCUT2D eigenvalue weighted by atomic mass is 35.5. The third kappa shape index (κ3) is 2.15. The minimum Gasteiger partial charge on any atom is -0.387 e. The predicted octanol–water partition coefficient (Wildman–Crippen LogP) is 1.39. The summed E-state index contributed by atoms with van der Waals surface area (Å²) in [6.45, 7) is 6.14. The summed E-state index contributed by atoms with van der Waals surface area (Å²) in [5.74, 6) is 0.290. The maximum absolute atomic E-state index is 10.0. The van der Waals surface area contributed by atoms with Crippen LogP contribution in [0, 0.1) is 5.92 Å². The molecule has 2 rings (SSSR count). The molecular formula is C9H14ClN3OS. The molecule has 2 heterocycles. The van der Waals surface area contributed by atoms with E-state index in [1.807, 2.05) is 13.8 Å². The number of β-amino-alcohol motifs (C(OH)–C–C–N with tert-alkyl or cyclic N) is 1. The van der Waals surface area contributed by atoms with Crippen molar-refractivity contribution in [2.75, 3.05) is 13.1 Å². The Kier molecular flexibility index (Phi) is 2.98. The van der Waals surface area contributed by atoms with Crippen molar-refractivity contribution in [2.24, 2.45) is 5.92 Å². The number of nitrogens with zero attached hydrogens (tertiary/aromatic N) is 3. The molecule has 6 heteroatoms. The van der Waals surface area contributed by atoms with E-state index in [1.54, 1.807) is 0 Å². The van der Waals surface area contributed by atoms with Crippen molar-refractivity contribution in [1.82, 2.24) is 14.5 Å². The molecule has 4 nitrogen and oxygen atoms in total. The van der Waals surface area contributed by atoms with Crippen molar-refractivity contribution < 1.29 is 5.11 Å². The number of halogens is 1. The molecule has 84 valence electrons. The maximum Gasteiger partial charge on any atom is 0.138 e. The molecule has 0 spiro atoms. The van der Waals surface area contributed by atoms with Crippen LogP contribution >= 0.6 is 23.1 Å². The van der Waals surface area contributed by atoms with E-state index in [4.69, 9.17) is 11.6 Å². The summed E-state index contributed by atoms with van der Waals surface area (Å²) in [5, 5.41) is 14.0. The molecule has 1 aromatic heterocycles. The van der Waals surface area contributed by atoms with Crippen LogP contribution in [0.15, 0.2) is 0 Å². The van der Waals surface area contributed by atoms with E-state index in [-0.39, 0.29) is 5.92 Å². The van der Waals surface area contributed by atoms with Gasteiger partial charge < -0.3 is 5.11 Å². The van der Waals surface area contributed by atoms with Gasteiger partial charge in [0.15, 0.2) is 0 Å². The zero-order valence-corrected chi connectivity index (χ0v) is 10.3. The standard InChI is InChI=1S/C9H14ClN3OS/c1-6(2)9(14)4-13(5-9)3-7-8(10)15-12-11-7/h6,14H,3-5H2,1-2H3. The average molecular weight is 248 g/mol. The van der Waals surface area contributed by atoms with E-state index >= 15 is 0 Å². The van der Waals surface area contributed by atoms with Crippen LogP contribution in [0.2, 0.25) is 4.34 Å². The molecule has 15 heavy (non-hydrogen) atoms. The van der Waals surface area contributed by atoms with E-state index in [0.29, 0.717) is 24.0 Å². The zero-order chi connectivity index (χ0) is 11.1. The van der Waals surface area contributed by atoms with Gasteiger partial charge in [0.25, 0.3) is 0 Å². The molecule has 0 aliphatic carbocycles. The van der Waals surface area contributed by atoms with Gasteiger partial charge in [-0.05, 0) is 5.92 Å². The fourth-order valence-corrected chi connectivity index (χ4v) is 2.32. The fourth-order valence-electron chi connectivity index (χ4n) is 1.71. The normalized spacial score (nSPS) is 20.6. The molecule has 1 saturated heterocycles. The molecule has 1 fully saturated rings. The van der Waals surface area contributed by atoms with Gasteiger partial charge in [0.05, 0.1) is 5.60 Å². The second-order valence-electron chi connectivity index (χ2n) is 4.40. The Labute approximate surface area is 98.0 Å². The minimum absolute atomic E-state index is 0.290. The first kappa shape index (κ1) is 11.3. The summed E-state index contributed by atoms with van der Waals surface area (Å²) >= 11 is 7.11. The first-order valence-corrected chi connectivity index (χ1v) is 6.08. The highest BCUT2D eigenvalue weighted by molar-refractivity contribution is 7.10. The number of likely N-dealkylation sites (tertiary alicyclic amines) is 1. The van der Waals surface area contributed by atoms with Crippen LogP contribution in [-0.4, -0.2) is 38.3 Å². The summed E-state index contributed by atoms with van der Waals surface area (Å²) in [6, 6.07) is 0. The summed E-state index contributed by atoms with van der Waals surface area (Å²) in [7, 11) is 0. The first-order chi connectivity index (χ1) is 7.01. The van der Waals surface area contributed by atoms with Gasteiger partial charge in [-0.2, -0.15) is 0 Å². The lowest BCUT2D eigenvalue weighted by Crippen LogP contribution is -2.63. The Morgan fingerprint density at radius 1 is 1.60 bits per heavy atom. The summed E-state index contributed by atoms with van der Waals surface area (Å²) in [5.41, 5.74) is 0.281. The summed E-state index contributed by atoms with van der Waals surface area (Å²) in [6.07, 6.45) is 0. The molecule has 0 bridgehead atoms. The Balaban J connectivity index is 1.89. The Morgan fingerprint density at radius 3 is 2.73 bits per heavy atom. The molecule has 1 N–H and O–H groups in total. The van der Waals surface area contributed by atoms with Crippen LogP contribution in [0.3, 0.4) is 0 Å². The Bertz CT molecular complexity index is 349. The fraction of sp³-hybridized carbons (Fsp3) is 0.778. The first-order valence-electron chi connectivity index (χ1n) is 4.93. The molecule has 0 radical (unpaired) electrons. The highest BCUT2D eigenvalue weighted by Crippen LogP contribution is 2.30. The van der Waals surface area contributed by atoms with Crippen molar-refractivity contribution >= 4 is 23.1 Å². The summed E-state index contributed by atoms with van der Waals surface area (Å²) < 4.78 is 4.42. The van der Waals surface area contributed by atoms with Crippen LogP contribution in [0.1, 0.15) is 19.5 Å². The second-order valence-corrected chi connectivity index (χ2v) is 5.75. The van der Waals surface area contributed by atoms with Crippen molar-refractivity contribution in [2.45, 2.75) is 26.0 Å². The maximum atomic E-state index is 10.0. The molecule has 0 amide bonds. The van der Waals surface area contributed by atoms with Crippen LogP contribution in [-0.2, 0) is 6.54 Å². The molecule has 0 saturated carbocycles. The molecule has 1 aromatic rings. The second kappa shape index (κ2) is 3.97. The number of hydrogen-bond donors (Lipinski definition) is 1. The van der Waals surface area contributed by atoms with Gasteiger partial charge in [-0.15, -0.1) is 5.10 Å². The molecule has 0 unspecified atom stereocenters. The zero-order valence-electron chi connectivity index (χ0n) is 8.77. The average Bonchev–Trinajstić information content (AvgIpc) is 2.48. The van der Waals surface area contributed by atoms with Crippen LogP contribution in [0.25, 0.3) is 0 Å². The topological polar surface area (TPSA) is 49.2 Å². The SMILES string of the molecule is CC(C)C1(O)CN(Cc2nnsc2Cl)C1. The summed E-state index contributed by atoms with van der Waals surface area (Å²) in [4.78, 5) is 2.13. The van der Waals surface area contributed by atoms with Crippen LogP contribution in [0.4, 0.5) is 0 Å². The van der Waals surface area contributed by atoms with Crippen molar-refractivity contribution in [3.63, 3.8) is 0 Å². The van der Waals surface area contributed by atoms with Gasteiger partial charge in [-0.25, -0.2) is 0 Å². The molecular weight excluding hydrogens is 234 g/mol. The van der Waals surface area contributed by atoms with Crippen LogP contribution in [0.5, 0.6) is 0 Å². The number of hydrogen-bond acceptors (Lipinski definition) is 5. The van der Waals surface area contributed by atoms with Crippen molar-refractivity contribution in [1.29, 1.82) is 0 Å². The monoisotopic (exact) mass is 247 g/mol. The predicted molar refractivity (Wildman–Crippen MR) is 60.0 cm³/mol. The Morgan fingerprint density at radius 2 is 2.27 bits per heavy atom. The Hall–Kier alpha value is -0.230. The highest BCUT2D eigenvalue weighted by Gasteiger charge is 2.43. The lowest BCUT2D eigenvalue weighted by atomic mass is 9.83. The molecule has 0 atom stereocenters. The van der Waals surface area contributed by atoms with Crippen molar-refractivity contribution in [3.05, 3.63) is 10.0 Å².